The molecule has 0 aromatic rings. The number of Topliss-reactive ketones (excluding diaryl/α,β-unsaturated/α-hetero) is 2. The van der Waals surface area contributed by atoms with Gasteiger partial charge < -0.3 is 18.9 Å². The van der Waals surface area contributed by atoms with Crippen LogP contribution in [0.2, 0.25) is 0 Å². The Morgan fingerprint density at radius 1 is 0.571 bits per heavy atom. The van der Waals surface area contributed by atoms with E-state index in [-0.39, 0.29) is 0 Å². The Bertz CT molecular complexity index is 650. The molecule has 4 unspecified atom stereocenters. The van der Waals surface area contributed by atoms with Gasteiger partial charge in [0.2, 0.25) is 0 Å². The zero-order valence-corrected chi connectivity index (χ0v) is 16.4. The van der Waals surface area contributed by atoms with Gasteiger partial charge in [0.05, 0.1) is 28.4 Å². The average molecular weight is 398 g/mol. The van der Waals surface area contributed by atoms with Crippen LogP contribution in [-0.4, -0.2) is 63.9 Å². The summed E-state index contributed by atoms with van der Waals surface area (Å²) in [5.41, 5.74) is -3.56. The van der Waals surface area contributed by atoms with E-state index in [1.165, 1.54) is 13.8 Å². The lowest BCUT2D eigenvalue weighted by molar-refractivity contribution is -0.165. The van der Waals surface area contributed by atoms with Crippen molar-refractivity contribution in [2.24, 2.45) is 34.5 Å². The molecule has 0 bridgehead atoms. The number of carbonyl (C=O) groups excluding carboxylic acids is 6. The SMILES string of the molecule is COC(=O)C1C(=O)C(C(=O)OC)C2(C)C(C(=O)OC)C(=O)C(C(=O)OC)C12C. The van der Waals surface area contributed by atoms with Gasteiger partial charge in [-0.05, 0) is 0 Å². The number of hydrogen-bond acceptors (Lipinski definition) is 10. The van der Waals surface area contributed by atoms with Gasteiger partial charge in [0.1, 0.15) is 23.7 Å². The number of methoxy groups -OCH3 is 4. The largest absolute Gasteiger partial charge is 0.468 e. The third-order valence-electron chi connectivity index (χ3n) is 6.45. The van der Waals surface area contributed by atoms with Crippen molar-refractivity contribution < 1.29 is 47.7 Å². The molecule has 2 aliphatic carbocycles. The molecule has 2 fully saturated rings. The Balaban J connectivity index is 2.92. The van der Waals surface area contributed by atoms with Crippen molar-refractivity contribution >= 4 is 35.4 Å². The lowest BCUT2D eigenvalue weighted by atomic mass is 9.58. The van der Waals surface area contributed by atoms with Gasteiger partial charge in [-0.3, -0.25) is 28.8 Å². The Morgan fingerprint density at radius 2 is 0.750 bits per heavy atom. The summed E-state index contributed by atoms with van der Waals surface area (Å²) in [6.45, 7) is 2.66. The monoisotopic (exact) mass is 398 g/mol. The van der Waals surface area contributed by atoms with Gasteiger partial charge in [-0.2, -0.15) is 0 Å². The van der Waals surface area contributed by atoms with E-state index in [2.05, 4.69) is 0 Å². The van der Waals surface area contributed by atoms with Crippen molar-refractivity contribution in [1.82, 2.24) is 0 Å². The van der Waals surface area contributed by atoms with Crippen molar-refractivity contribution in [3.05, 3.63) is 0 Å². The predicted molar refractivity (Wildman–Crippen MR) is 88.3 cm³/mol. The smallest absolute Gasteiger partial charge is 0.316 e. The van der Waals surface area contributed by atoms with E-state index < -0.39 is 69.9 Å². The van der Waals surface area contributed by atoms with Crippen LogP contribution in [0.25, 0.3) is 0 Å². The molecule has 0 spiro atoms. The van der Waals surface area contributed by atoms with E-state index in [0.29, 0.717) is 0 Å². The van der Waals surface area contributed by atoms with Crippen molar-refractivity contribution in [2.75, 3.05) is 28.4 Å². The molecular weight excluding hydrogens is 376 g/mol. The van der Waals surface area contributed by atoms with E-state index in [4.69, 9.17) is 18.9 Å². The fourth-order valence-electron chi connectivity index (χ4n) is 5.01. The molecule has 154 valence electrons. The van der Waals surface area contributed by atoms with Gasteiger partial charge in [-0.25, -0.2) is 0 Å². The van der Waals surface area contributed by atoms with Crippen LogP contribution in [0.4, 0.5) is 0 Å². The van der Waals surface area contributed by atoms with Crippen molar-refractivity contribution in [3.63, 3.8) is 0 Å². The minimum atomic E-state index is -1.78. The highest BCUT2D eigenvalue weighted by Gasteiger charge is 2.82. The van der Waals surface area contributed by atoms with Crippen LogP contribution < -0.4 is 0 Å². The van der Waals surface area contributed by atoms with E-state index in [9.17, 15) is 28.8 Å². The first-order chi connectivity index (χ1) is 13.0. The molecule has 0 N–H and O–H groups in total. The van der Waals surface area contributed by atoms with Crippen molar-refractivity contribution in [3.8, 4) is 0 Å². The van der Waals surface area contributed by atoms with Crippen LogP contribution in [-0.2, 0) is 47.7 Å². The standard InChI is InChI=1S/C18H22O10/c1-17-7(13(21)25-3)11(19)9(15(23)27-5)18(17,2)10(16(24)28-6)12(20)8(17)14(22)26-4/h7-10H,1-6H3. The minimum Gasteiger partial charge on any atom is -0.468 e. The number of carbonyl (C=O) groups is 6. The lowest BCUT2D eigenvalue weighted by Crippen LogP contribution is -2.48. The second-order valence-electron chi connectivity index (χ2n) is 7.19. The molecule has 0 aromatic heterocycles. The molecule has 10 nitrogen and oxygen atoms in total. The molecule has 0 radical (unpaired) electrons. The zero-order valence-electron chi connectivity index (χ0n) is 16.4. The summed E-state index contributed by atoms with van der Waals surface area (Å²) < 4.78 is 18.8. The first kappa shape index (κ1) is 21.5. The maximum atomic E-state index is 13.1. The Morgan fingerprint density at radius 3 is 0.893 bits per heavy atom. The molecule has 2 saturated carbocycles. The van der Waals surface area contributed by atoms with Gasteiger partial charge >= 0.3 is 23.9 Å². The summed E-state index contributed by atoms with van der Waals surface area (Å²) in [6, 6.07) is 0. The van der Waals surface area contributed by atoms with Crippen LogP contribution in [0.3, 0.4) is 0 Å². The second-order valence-corrected chi connectivity index (χ2v) is 7.19. The molecule has 10 heteroatoms. The average Bonchev–Trinajstić information content (AvgIpc) is 2.94. The van der Waals surface area contributed by atoms with E-state index in [1.807, 2.05) is 0 Å². The zero-order chi connectivity index (χ0) is 21.6. The van der Waals surface area contributed by atoms with Crippen LogP contribution >= 0.6 is 0 Å². The Hall–Kier alpha value is -2.78. The molecule has 0 aromatic carbocycles. The number of hydrogen-bond donors (Lipinski definition) is 0. The van der Waals surface area contributed by atoms with Crippen LogP contribution in [0.15, 0.2) is 0 Å². The molecule has 0 amide bonds. The van der Waals surface area contributed by atoms with E-state index >= 15 is 0 Å². The highest BCUT2D eigenvalue weighted by Crippen LogP contribution is 2.70. The normalized spacial score (nSPS) is 36.5. The fraction of sp³-hybridized carbons (Fsp3) is 0.667. The molecular formula is C18H22O10. The molecule has 4 atom stereocenters. The number of esters is 4. The highest BCUT2D eigenvalue weighted by molar-refractivity contribution is 6.20. The first-order valence-electron chi connectivity index (χ1n) is 8.39. The topological polar surface area (TPSA) is 139 Å². The summed E-state index contributed by atoms with van der Waals surface area (Å²) in [5.74, 6) is -12.5. The van der Waals surface area contributed by atoms with Gasteiger partial charge in [-0.1, -0.05) is 13.8 Å². The Kier molecular flexibility index (Phi) is 5.37. The molecule has 0 saturated heterocycles. The number of fused-ring (bicyclic) bond motifs is 1. The predicted octanol–water partition coefficient (Wildman–Crippen LogP) is -0.679. The molecule has 2 aliphatic rings. The maximum Gasteiger partial charge on any atom is 0.316 e. The summed E-state index contributed by atoms with van der Waals surface area (Å²) in [6.07, 6.45) is 0. The van der Waals surface area contributed by atoms with Crippen LogP contribution in [0, 0.1) is 34.5 Å². The number of ketones is 2. The van der Waals surface area contributed by atoms with Crippen molar-refractivity contribution in [1.29, 1.82) is 0 Å². The number of ether oxygens (including phenoxy) is 4. The maximum absolute atomic E-state index is 13.1. The molecule has 0 heterocycles. The minimum absolute atomic E-state index is 0.890. The van der Waals surface area contributed by atoms with Gasteiger partial charge in [0.25, 0.3) is 0 Å². The van der Waals surface area contributed by atoms with Gasteiger partial charge in [0, 0.05) is 10.8 Å². The lowest BCUT2D eigenvalue weighted by Gasteiger charge is -2.41. The summed E-state index contributed by atoms with van der Waals surface area (Å²) in [7, 11) is 4.12. The summed E-state index contributed by atoms with van der Waals surface area (Å²) in [5, 5.41) is 0. The van der Waals surface area contributed by atoms with Crippen molar-refractivity contribution in [2.45, 2.75) is 13.8 Å². The van der Waals surface area contributed by atoms with Gasteiger partial charge in [-0.15, -0.1) is 0 Å². The highest BCUT2D eigenvalue weighted by atomic mass is 16.5. The quantitative estimate of drug-likeness (QED) is 0.340. The fourth-order valence-corrected chi connectivity index (χ4v) is 5.01. The summed E-state index contributed by atoms with van der Waals surface area (Å²) >= 11 is 0. The summed E-state index contributed by atoms with van der Waals surface area (Å²) in [4.78, 5) is 76.3. The number of rotatable bonds is 4. The van der Waals surface area contributed by atoms with E-state index in [1.54, 1.807) is 0 Å². The Labute approximate surface area is 160 Å². The third-order valence-corrected chi connectivity index (χ3v) is 6.45. The molecule has 28 heavy (non-hydrogen) atoms. The van der Waals surface area contributed by atoms with Crippen LogP contribution in [0.1, 0.15) is 13.8 Å². The third kappa shape index (κ3) is 2.33. The molecule has 0 aliphatic heterocycles. The second kappa shape index (κ2) is 6.99. The first-order valence-corrected chi connectivity index (χ1v) is 8.39. The molecule has 2 rings (SSSR count). The van der Waals surface area contributed by atoms with Gasteiger partial charge in [0.15, 0.2) is 11.6 Å². The van der Waals surface area contributed by atoms with Crippen LogP contribution in [0.5, 0.6) is 0 Å². The van der Waals surface area contributed by atoms with E-state index in [0.717, 1.165) is 28.4 Å².